The van der Waals surface area contributed by atoms with E-state index in [0.29, 0.717) is 13.0 Å². The maximum Gasteiger partial charge on any atom is 0.222 e. The van der Waals surface area contributed by atoms with Gasteiger partial charge in [-0.1, -0.05) is 46.3 Å². The molecule has 3 nitrogen and oxygen atoms in total. The maximum absolute atomic E-state index is 12.2. The van der Waals surface area contributed by atoms with Gasteiger partial charge in [0.05, 0.1) is 7.11 Å². The third-order valence-electron chi connectivity index (χ3n) is 3.57. The van der Waals surface area contributed by atoms with Gasteiger partial charge in [-0.2, -0.15) is 0 Å². The number of hydrogen-bond acceptors (Lipinski definition) is 2. The molecule has 0 spiro atoms. The first-order valence-electron chi connectivity index (χ1n) is 7.20. The smallest absolute Gasteiger partial charge is 0.222 e. The number of hydrogen-bond donors (Lipinski definition) is 0. The van der Waals surface area contributed by atoms with E-state index in [-0.39, 0.29) is 5.91 Å². The Morgan fingerprint density at radius 2 is 1.82 bits per heavy atom. The highest BCUT2D eigenvalue weighted by atomic mass is 79.9. The fourth-order valence-corrected chi connectivity index (χ4v) is 2.71. The molecule has 0 fully saturated rings. The molecule has 2 rings (SSSR count). The number of benzene rings is 2. The number of methoxy groups -OCH3 is 1. The minimum Gasteiger partial charge on any atom is -0.497 e. The number of aryl methyl sites for hydroxylation is 1. The number of carbonyl (C=O) groups is 1. The Kier molecular flexibility index (Phi) is 6.01. The lowest BCUT2D eigenvalue weighted by atomic mass is 10.1. The van der Waals surface area contributed by atoms with E-state index in [1.807, 2.05) is 55.6 Å². The summed E-state index contributed by atoms with van der Waals surface area (Å²) in [7, 11) is 3.49. The van der Waals surface area contributed by atoms with Crippen molar-refractivity contribution in [3.63, 3.8) is 0 Å². The van der Waals surface area contributed by atoms with Crippen LogP contribution in [-0.4, -0.2) is 25.0 Å². The highest BCUT2D eigenvalue weighted by molar-refractivity contribution is 9.10. The summed E-state index contributed by atoms with van der Waals surface area (Å²) in [6, 6.07) is 15.8. The van der Waals surface area contributed by atoms with Crippen molar-refractivity contribution >= 4 is 21.8 Å². The minimum absolute atomic E-state index is 0.145. The number of rotatable bonds is 6. The molecule has 4 heteroatoms. The van der Waals surface area contributed by atoms with Crippen LogP contribution in [-0.2, 0) is 17.8 Å². The summed E-state index contributed by atoms with van der Waals surface area (Å²) in [5.74, 6) is 0.971. The van der Waals surface area contributed by atoms with Gasteiger partial charge in [-0.05, 0) is 35.7 Å². The zero-order valence-corrected chi connectivity index (χ0v) is 14.5. The molecule has 0 aromatic heterocycles. The molecular weight excluding hydrogens is 342 g/mol. The van der Waals surface area contributed by atoms with Gasteiger partial charge in [0.1, 0.15) is 5.75 Å². The van der Waals surface area contributed by atoms with E-state index in [0.717, 1.165) is 27.8 Å². The number of ether oxygens (including phenoxy) is 1. The molecule has 0 aliphatic rings. The maximum atomic E-state index is 12.2. The van der Waals surface area contributed by atoms with Gasteiger partial charge in [0.25, 0.3) is 0 Å². The molecule has 0 bridgehead atoms. The number of halogens is 1. The molecular formula is C18H20BrNO2. The third kappa shape index (κ3) is 4.60. The van der Waals surface area contributed by atoms with Crippen LogP contribution in [0, 0.1) is 0 Å². The van der Waals surface area contributed by atoms with E-state index in [1.165, 1.54) is 0 Å². The lowest BCUT2D eigenvalue weighted by molar-refractivity contribution is -0.130. The largest absolute Gasteiger partial charge is 0.497 e. The molecule has 22 heavy (non-hydrogen) atoms. The molecule has 0 aliphatic heterocycles. The van der Waals surface area contributed by atoms with Gasteiger partial charge in [0, 0.05) is 24.5 Å². The Balaban J connectivity index is 1.87. The van der Waals surface area contributed by atoms with Crippen molar-refractivity contribution in [2.75, 3.05) is 14.2 Å². The van der Waals surface area contributed by atoms with Gasteiger partial charge in [0.15, 0.2) is 0 Å². The van der Waals surface area contributed by atoms with Crippen LogP contribution in [0.4, 0.5) is 0 Å². The van der Waals surface area contributed by atoms with Crippen molar-refractivity contribution in [1.29, 1.82) is 0 Å². The molecule has 0 N–H and O–H groups in total. The second-order valence-corrected chi connectivity index (χ2v) is 6.04. The van der Waals surface area contributed by atoms with E-state index in [2.05, 4.69) is 15.9 Å². The molecule has 0 unspecified atom stereocenters. The molecule has 0 heterocycles. The standard InChI is InChI=1S/C18H20BrNO2/c1-20(13-14-7-10-16(22-2)11-8-14)18(21)12-9-15-5-3-4-6-17(15)19/h3-8,10-11H,9,12-13H2,1-2H3. The van der Waals surface area contributed by atoms with Gasteiger partial charge >= 0.3 is 0 Å². The third-order valence-corrected chi connectivity index (χ3v) is 4.34. The average molecular weight is 362 g/mol. The van der Waals surface area contributed by atoms with Crippen LogP contribution in [0.3, 0.4) is 0 Å². The van der Waals surface area contributed by atoms with Crippen LogP contribution >= 0.6 is 15.9 Å². The normalized spacial score (nSPS) is 10.3. The van der Waals surface area contributed by atoms with Crippen LogP contribution in [0.25, 0.3) is 0 Å². The van der Waals surface area contributed by atoms with Crippen molar-refractivity contribution in [1.82, 2.24) is 4.90 Å². The van der Waals surface area contributed by atoms with Gasteiger partial charge in [0.2, 0.25) is 5.91 Å². The number of carbonyl (C=O) groups excluding carboxylic acids is 1. The summed E-state index contributed by atoms with van der Waals surface area (Å²) in [6.45, 7) is 0.610. The lowest BCUT2D eigenvalue weighted by Gasteiger charge is -2.17. The minimum atomic E-state index is 0.145. The fraction of sp³-hybridized carbons (Fsp3) is 0.278. The van der Waals surface area contributed by atoms with Crippen molar-refractivity contribution in [2.24, 2.45) is 0 Å². The average Bonchev–Trinajstić information content (AvgIpc) is 2.54. The van der Waals surface area contributed by atoms with E-state index < -0.39 is 0 Å². The Labute approximate surface area is 140 Å². The highest BCUT2D eigenvalue weighted by Gasteiger charge is 2.10. The SMILES string of the molecule is COc1ccc(CN(C)C(=O)CCc2ccccc2Br)cc1. The molecule has 2 aromatic carbocycles. The molecule has 0 saturated heterocycles. The summed E-state index contributed by atoms with van der Waals surface area (Å²) < 4.78 is 6.19. The van der Waals surface area contributed by atoms with Crippen molar-refractivity contribution in [3.05, 3.63) is 64.1 Å². The molecule has 0 radical (unpaired) electrons. The predicted octanol–water partition coefficient (Wildman–Crippen LogP) is 4.05. The van der Waals surface area contributed by atoms with Gasteiger partial charge < -0.3 is 9.64 Å². The first kappa shape index (κ1) is 16.6. The van der Waals surface area contributed by atoms with E-state index >= 15 is 0 Å². The molecule has 116 valence electrons. The monoisotopic (exact) mass is 361 g/mol. The van der Waals surface area contributed by atoms with E-state index in [1.54, 1.807) is 12.0 Å². The number of amides is 1. The quantitative estimate of drug-likeness (QED) is 0.776. The number of nitrogens with zero attached hydrogens (tertiary/aromatic N) is 1. The van der Waals surface area contributed by atoms with Crippen molar-refractivity contribution in [2.45, 2.75) is 19.4 Å². The summed E-state index contributed by atoms with van der Waals surface area (Å²) in [4.78, 5) is 14.0. The molecule has 2 aromatic rings. The molecule has 0 atom stereocenters. The Hall–Kier alpha value is -1.81. The first-order valence-corrected chi connectivity index (χ1v) is 7.99. The molecule has 0 saturated carbocycles. The van der Waals surface area contributed by atoms with Crippen LogP contribution in [0.2, 0.25) is 0 Å². The Morgan fingerprint density at radius 1 is 1.14 bits per heavy atom. The lowest BCUT2D eigenvalue weighted by Crippen LogP contribution is -2.26. The van der Waals surface area contributed by atoms with Crippen LogP contribution in [0.1, 0.15) is 17.5 Å². The Morgan fingerprint density at radius 3 is 2.45 bits per heavy atom. The van der Waals surface area contributed by atoms with Gasteiger partial charge in [-0.25, -0.2) is 0 Å². The summed E-state index contributed by atoms with van der Waals surface area (Å²) >= 11 is 3.51. The highest BCUT2D eigenvalue weighted by Crippen LogP contribution is 2.18. The fourth-order valence-electron chi connectivity index (χ4n) is 2.23. The van der Waals surface area contributed by atoms with Crippen molar-refractivity contribution < 1.29 is 9.53 Å². The predicted molar refractivity (Wildman–Crippen MR) is 91.9 cm³/mol. The Bertz CT molecular complexity index is 625. The summed E-state index contributed by atoms with van der Waals surface area (Å²) in [5, 5.41) is 0. The van der Waals surface area contributed by atoms with Crippen molar-refractivity contribution in [3.8, 4) is 5.75 Å². The zero-order valence-electron chi connectivity index (χ0n) is 12.9. The van der Waals surface area contributed by atoms with E-state index in [4.69, 9.17) is 4.74 Å². The second kappa shape index (κ2) is 7.99. The summed E-state index contributed by atoms with van der Waals surface area (Å²) in [6.07, 6.45) is 1.25. The molecule has 1 amide bonds. The van der Waals surface area contributed by atoms with Crippen LogP contribution < -0.4 is 4.74 Å². The van der Waals surface area contributed by atoms with Gasteiger partial charge in [-0.3, -0.25) is 4.79 Å². The van der Waals surface area contributed by atoms with Crippen LogP contribution in [0.5, 0.6) is 5.75 Å². The molecule has 0 aliphatic carbocycles. The zero-order chi connectivity index (χ0) is 15.9. The van der Waals surface area contributed by atoms with E-state index in [9.17, 15) is 4.79 Å². The second-order valence-electron chi connectivity index (χ2n) is 5.19. The topological polar surface area (TPSA) is 29.5 Å². The summed E-state index contributed by atoms with van der Waals surface area (Å²) in [5.41, 5.74) is 2.26. The van der Waals surface area contributed by atoms with Gasteiger partial charge in [-0.15, -0.1) is 0 Å². The first-order chi connectivity index (χ1) is 10.6. The van der Waals surface area contributed by atoms with Crippen LogP contribution in [0.15, 0.2) is 53.0 Å².